The normalized spacial score (nSPS) is 11.1. The predicted octanol–water partition coefficient (Wildman–Crippen LogP) is 4.07. The average molecular weight is 418 g/mol. The van der Waals surface area contributed by atoms with Gasteiger partial charge in [-0.1, -0.05) is 11.8 Å². The number of nitrogens with zero attached hydrogens (tertiary/aromatic N) is 2. The molecule has 0 amide bonds. The van der Waals surface area contributed by atoms with Crippen molar-refractivity contribution in [2.45, 2.75) is 36.5 Å². The minimum atomic E-state index is 0.254. The van der Waals surface area contributed by atoms with Gasteiger partial charge in [-0.15, -0.1) is 0 Å². The second-order valence-electron chi connectivity index (χ2n) is 4.72. The molecule has 0 aliphatic heterocycles. The van der Waals surface area contributed by atoms with Crippen LogP contribution in [0.5, 0.6) is 5.75 Å². The van der Waals surface area contributed by atoms with E-state index in [1.54, 1.807) is 18.9 Å². The highest BCUT2D eigenvalue weighted by molar-refractivity contribution is 14.1. The fraction of sp³-hybridized carbons (Fsp3) is 0.400. The summed E-state index contributed by atoms with van der Waals surface area (Å²) in [6.07, 6.45) is 4.06. The van der Waals surface area contributed by atoms with Crippen molar-refractivity contribution in [2.75, 3.05) is 13.7 Å². The van der Waals surface area contributed by atoms with E-state index in [2.05, 4.69) is 38.2 Å². The van der Waals surface area contributed by atoms with E-state index < -0.39 is 0 Å². The molecule has 1 aromatic carbocycles. The molecule has 0 unspecified atom stereocenters. The zero-order valence-electron chi connectivity index (χ0n) is 12.4. The van der Waals surface area contributed by atoms with Crippen LogP contribution in [0.2, 0.25) is 0 Å². The summed E-state index contributed by atoms with van der Waals surface area (Å²) in [7, 11) is 1.68. The van der Waals surface area contributed by atoms with Gasteiger partial charge in [-0.05, 0) is 54.6 Å². The summed E-state index contributed by atoms with van der Waals surface area (Å²) in [6.45, 7) is 5.59. The number of halogens is 1. The summed E-state index contributed by atoms with van der Waals surface area (Å²) < 4.78 is 14.2. The first-order valence-electron chi connectivity index (χ1n) is 6.74. The lowest BCUT2D eigenvalue weighted by atomic mass is 10.3. The van der Waals surface area contributed by atoms with Crippen molar-refractivity contribution in [1.82, 2.24) is 9.55 Å². The highest BCUT2D eigenvalue weighted by atomic mass is 127. The van der Waals surface area contributed by atoms with Gasteiger partial charge in [-0.25, -0.2) is 4.98 Å². The lowest BCUT2D eigenvalue weighted by Crippen LogP contribution is -2.10. The summed E-state index contributed by atoms with van der Waals surface area (Å²) in [5.74, 6) is 0.860. The maximum absolute atomic E-state index is 5.60. The van der Waals surface area contributed by atoms with Crippen molar-refractivity contribution in [3.05, 3.63) is 34.2 Å². The smallest absolute Gasteiger partial charge is 0.172 e. The van der Waals surface area contributed by atoms with Crippen molar-refractivity contribution >= 4 is 34.4 Å². The van der Waals surface area contributed by atoms with Crippen molar-refractivity contribution < 1.29 is 9.47 Å². The van der Waals surface area contributed by atoms with E-state index in [0.717, 1.165) is 22.3 Å². The highest BCUT2D eigenvalue weighted by Crippen LogP contribution is 2.33. The first-order valence-corrected chi connectivity index (χ1v) is 8.64. The molecule has 6 heteroatoms. The van der Waals surface area contributed by atoms with Gasteiger partial charge < -0.3 is 14.0 Å². The molecular weight excluding hydrogens is 399 g/mol. The SMILES string of the molecule is COc1ccc(I)c(Sc2nccn2CCOC(C)C)c1. The van der Waals surface area contributed by atoms with Crippen LogP contribution in [0, 0.1) is 3.57 Å². The van der Waals surface area contributed by atoms with Crippen molar-refractivity contribution in [3.8, 4) is 5.75 Å². The van der Waals surface area contributed by atoms with Crippen molar-refractivity contribution in [3.63, 3.8) is 0 Å². The minimum absolute atomic E-state index is 0.254. The molecule has 0 N–H and O–H groups in total. The Hall–Kier alpha value is -0.730. The molecular formula is C15H19IN2O2S. The number of hydrogen-bond acceptors (Lipinski definition) is 4. The summed E-state index contributed by atoms with van der Waals surface area (Å²) in [5, 5.41) is 0.966. The Morgan fingerprint density at radius 2 is 2.19 bits per heavy atom. The number of imidazole rings is 1. The average Bonchev–Trinajstić information content (AvgIpc) is 2.88. The number of methoxy groups -OCH3 is 1. The maximum Gasteiger partial charge on any atom is 0.172 e. The molecule has 2 rings (SSSR count). The van der Waals surface area contributed by atoms with Gasteiger partial charge in [0.15, 0.2) is 5.16 Å². The zero-order chi connectivity index (χ0) is 15.2. The molecule has 0 saturated carbocycles. The van der Waals surface area contributed by atoms with Crippen LogP contribution in [0.15, 0.2) is 40.6 Å². The molecule has 0 radical (unpaired) electrons. The molecule has 0 fully saturated rings. The van der Waals surface area contributed by atoms with Gasteiger partial charge in [-0.2, -0.15) is 0 Å². The van der Waals surface area contributed by atoms with E-state index >= 15 is 0 Å². The molecule has 21 heavy (non-hydrogen) atoms. The van der Waals surface area contributed by atoms with E-state index in [-0.39, 0.29) is 6.10 Å². The second-order valence-corrected chi connectivity index (χ2v) is 6.89. The Morgan fingerprint density at radius 3 is 2.90 bits per heavy atom. The number of benzene rings is 1. The van der Waals surface area contributed by atoms with Gasteiger partial charge in [0.2, 0.25) is 0 Å². The Labute approximate surface area is 143 Å². The Kier molecular flexibility index (Phi) is 6.38. The number of hydrogen-bond donors (Lipinski definition) is 0. The molecule has 114 valence electrons. The predicted molar refractivity (Wildman–Crippen MR) is 93.1 cm³/mol. The Balaban J connectivity index is 2.08. The molecule has 1 aromatic heterocycles. The van der Waals surface area contributed by atoms with Crippen LogP contribution in [0.1, 0.15) is 13.8 Å². The summed E-state index contributed by atoms with van der Waals surface area (Å²) in [5.41, 5.74) is 0. The molecule has 0 atom stereocenters. The Bertz CT molecular complexity index is 587. The number of aromatic nitrogens is 2. The lowest BCUT2D eigenvalue weighted by molar-refractivity contribution is 0.0715. The number of rotatable bonds is 7. The third-order valence-electron chi connectivity index (χ3n) is 2.80. The largest absolute Gasteiger partial charge is 0.497 e. The summed E-state index contributed by atoms with van der Waals surface area (Å²) in [6, 6.07) is 6.06. The van der Waals surface area contributed by atoms with Crippen molar-refractivity contribution in [1.29, 1.82) is 0 Å². The third-order valence-corrected chi connectivity index (χ3v) is 5.19. The lowest BCUT2D eigenvalue weighted by Gasteiger charge is -2.11. The monoisotopic (exact) mass is 418 g/mol. The second kappa shape index (κ2) is 8.05. The Morgan fingerprint density at radius 1 is 1.38 bits per heavy atom. The molecule has 2 aromatic rings. The standard InChI is InChI=1S/C15H19IN2O2S/c1-11(2)20-9-8-18-7-6-17-15(18)21-14-10-12(19-3)4-5-13(14)16/h4-7,10-11H,8-9H2,1-3H3. The topological polar surface area (TPSA) is 36.3 Å². The fourth-order valence-electron chi connectivity index (χ4n) is 1.74. The van der Waals surface area contributed by atoms with Gasteiger partial charge in [0.1, 0.15) is 5.75 Å². The molecule has 1 heterocycles. The molecule has 0 saturated heterocycles. The van der Waals surface area contributed by atoms with Crippen LogP contribution in [0.3, 0.4) is 0 Å². The molecule has 0 aliphatic carbocycles. The van der Waals surface area contributed by atoms with Gasteiger partial charge in [0, 0.05) is 27.4 Å². The quantitative estimate of drug-likeness (QED) is 0.636. The van der Waals surface area contributed by atoms with Crippen LogP contribution in [-0.4, -0.2) is 29.4 Å². The maximum atomic E-state index is 5.60. The van der Waals surface area contributed by atoms with E-state index in [0.29, 0.717) is 6.61 Å². The van der Waals surface area contributed by atoms with Gasteiger partial charge in [0.05, 0.1) is 19.8 Å². The van der Waals surface area contributed by atoms with E-state index in [4.69, 9.17) is 9.47 Å². The molecule has 0 aliphatic rings. The summed E-state index contributed by atoms with van der Waals surface area (Å²) in [4.78, 5) is 5.58. The zero-order valence-corrected chi connectivity index (χ0v) is 15.3. The highest BCUT2D eigenvalue weighted by Gasteiger charge is 2.09. The first-order chi connectivity index (χ1) is 10.1. The minimum Gasteiger partial charge on any atom is -0.497 e. The van der Waals surface area contributed by atoms with Crippen molar-refractivity contribution in [2.24, 2.45) is 0 Å². The van der Waals surface area contributed by atoms with E-state index in [9.17, 15) is 0 Å². The fourth-order valence-corrected chi connectivity index (χ4v) is 3.33. The molecule has 4 nitrogen and oxygen atoms in total. The van der Waals surface area contributed by atoms with E-state index in [1.807, 2.05) is 38.4 Å². The van der Waals surface area contributed by atoms with Gasteiger partial charge in [0.25, 0.3) is 0 Å². The number of ether oxygens (including phenoxy) is 2. The van der Waals surface area contributed by atoms with E-state index in [1.165, 1.54) is 3.57 Å². The van der Waals surface area contributed by atoms with Gasteiger partial charge in [-0.3, -0.25) is 0 Å². The van der Waals surface area contributed by atoms with Gasteiger partial charge >= 0.3 is 0 Å². The van der Waals surface area contributed by atoms with Crippen LogP contribution in [0.4, 0.5) is 0 Å². The first kappa shape index (κ1) is 16.6. The van der Waals surface area contributed by atoms with Crippen LogP contribution < -0.4 is 4.74 Å². The third kappa shape index (κ3) is 4.89. The van der Waals surface area contributed by atoms with Crippen LogP contribution in [-0.2, 0) is 11.3 Å². The molecule has 0 bridgehead atoms. The van der Waals surface area contributed by atoms with Crippen LogP contribution >= 0.6 is 34.4 Å². The van der Waals surface area contributed by atoms with Crippen LogP contribution in [0.25, 0.3) is 0 Å². The summed E-state index contributed by atoms with van der Waals surface area (Å²) >= 11 is 3.97. The molecule has 0 spiro atoms.